The lowest BCUT2D eigenvalue weighted by atomic mass is 10.2. The van der Waals surface area contributed by atoms with Crippen LogP contribution in [-0.4, -0.2) is 24.0 Å². The minimum absolute atomic E-state index is 0.0550. The molecule has 6 nitrogen and oxygen atoms in total. The Balaban J connectivity index is 1.58. The standard InChI is InChI=1S/C17H13ClN2O4/c18-12-4-5-14(21)13(9-12)17(22)20-19-7-1-2-11-3-6-15-16(8-11)24-10-23-15/h1-9,21H,10H2,(H,20,22)/b2-1+,19-7+. The second-order valence-corrected chi connectivity index (χ2v) is 5.29. The van der Waals surface area contributed by atoms with Crippen LogP contribution >= 0.6 is 11.6 Å². The third kappa shape index (κ3) is 3.67. The normalized spacial score (nSPS) is 12.9. The van der Waals surface area contributed by atoms with Crippen LogP contribution in [0.2, 0.25) is 5.02 Å². The summed E-state index contributed by atoms with van der Waals surface area (Å²) in [7, 11) is 0. The van der Waals surface area contributed by atoms with Crippen molar-refractivity contribution in [2.75, 3.05) is 6.79 Å². The van der Waals surface area contributed by atoms with Gasteiger partial charge in [-0.05, 0) is 42.0 Å². The van der Waals surface area contributed by atoms with Crippen LogP contribution in [0.15, 0.2) is 47.6 Å². The van der Waals surface area contributed by atoms with E-state index in [1.54, 1.807) is 12.2 Å². The fourth-order valence-electron chi connectivity index (χ4n) is 2.06. The van der Waals surface area contributed by atoms with Crippen LogP contribution in [-0.2, 0) is 0 Å². The lowest BCUT2D eigenvalue weighted by Gasteiger charge is -2.02. The maximum absolute atomic E-state index is 11.9. The highest BCUT2D eigenvalue weighted by Crippen LogP contribution is 2.32. The van der Waals surface area contributed by atoms with Gasteiger partial charge in [0.1, 0.15) is 5.75 Å². The molecule has 0 bridgehead atoms. The minimum Gasteiger partial charge on any atom is -0.507 e. The Bertz CT molecular complexity index is 833. The number of hydrazone groups is 1. The van der Waals surface area contributed by atoms with Crippen molar-refractivity contribution >= 4 is 29.8 Å². The maximum atomic E-state index is 11.9. The van der Waals surface area contributed by atoms with Crippen LogP contribution in [0.4, 0.5) is 0 Å². The van der Waals surface area contributed by atoms with Gasteiger partial charge in [-0.3, -0.25) is 4.79 Å². The molecule has 2 aromatic carbocycles. The zero-order chi connectivity index (χ0) is 16.9. The molecule has 122 valence electrons. The van der Waals surface area contributed by atoms with E-state index in [1.807, 2.05) is 18.2 Å². The molecular weight excluding hydrogens is 332 g/mol. The largest absolute Gasteiger partial charge is 0.507 e. The average Bonchev–Trinajstić information content (AvgIpc) is 3.04. The highest BCUT2D eigenvalue weighted by atomic mass is 35.5. The second-order valence-electron chi connectivity index (χ2n) is 4.85. The monoisotopic (exact) mass is 344 g/mol. The Kier molecular flexibility index (Phi) is 4.67. The summed E-state index contributed by atoms with van der Waals surface area (Å²) in [6.07, 6.45) is 4.88. The van der Waals surface area contributed by atoms with Gasteiger partial charge in [0.05, 0.1) is 5.56 Å². The van der Waals surface area contributed by atoms with Crippen molar-refractivity contribution in [2.45, 2.75) is 0 Å². The van der Waals surface area contributed by atoms with Gasteiger partial charge < -0.3 is 14.6 Å². The second kappa shape index (κ2) is 7.06. The number of hydrogen-bond acceptors (Lipinski definition) is 5. The van der Waals surface area contributed by atoms with Gasteiger partial charge in [-0.15, -0.1) is 0 Å². The van der Waals surface area contributed by atoms with E-state index >= 15 is 0 Å². The first kappa shape index (κ1) is 15.9. The van der Waals surface area contributed by atoms with Gasteiger partial charge >= 0.3 is 0 Å². The van der Waals surface area contributed by atoms with Gasteiger partial charge in [-0.1, -0.05) is 23.7 Å². The van der Waals surface area contributed by atoms with E-state index in [1.165, 1.54) is 24.4 Å². The summed E-state index contributed by atoms with van der Waals surface area (Å²) >= 11 is 5.79. The van der Waals surface area contributed by atoms with E-state index in [2.05, 4.69) is 10.5 Å². The first-order chi connectivity index (χ1) is 11.6. The molecule has 0 saturated carbocycles. The third-order valence-electron chi connectivity index (χ3n) is 3.22. The van der Waals surface area contributed by atoms with E-state index in [-0.39, 0.29) is 18.1 Å². The predicted molar refractivity (Wildman–Crippen MR) is 90.7 cm³/mol. The molecule has 0 spiro atoms. The number of carbonyl (C=O) groups excluding carboxylic acids is 1. The van der Waals surface area contributed by atoms with Gasteiger partial charge in [0.2, 0.25) is 6.79 Å². The number of benzene rings is 2. The van der Waals surface area contributed by atoms with Gasteiger partial charge in [-0.25, -0.2) is 5.43 Å². The first-order valence-corrected chi connectivity index (χ1v) is 7.39. The van der Waals surface area contributed by atoms with Gasteiger partial charge in [0.25, 0.3) is 5.91 Å². The first-order valence-electron chi connectivity index (χ1n) is 7.02. The Labute approximate surface area is 143 Å². The predicted octanol–water partition coefficient (Wildman–Crippen LogP) is 3.20. The number of nitrogens with zero attached hydrogens (tertiary/aromatic N) is 1. The molecule has 7 heteroatoms. The smallest absolute Gasteiger partial charge is 0.275 e. The summed E-state index contributed by atoms with van der Waals surface area (Å²) in [5.74, 6) is 0.693. The number of ether oxygens (including phenoxy) is 2. The summed E-state index contributed by atoms with van der Waals surface area (Å²) in [5, 5.41) is 13.8. The summed E-state index contributed by atoms with van der Waals surface area (Å²) in [5.41, 5.74) is 3.27. The molecule has 1 aliphatic rings. The van der Waals surface area contributed by atoms with E-state index < -0.39 is 5.91 Å². The average molecular weight is 345 g/mol. The third-order valence-corrected chi connectivity index (χ3v) is 3.45. The molecule has 2 aromatic rings. The van der Waals surface area contributed by atoms with Gasteiger partial charge in [0.15, 0.2) is 11.5 Å². The summed E-state index contributed by atoms with van der Waals surface area (Å²) < 4.78 is 10.5. The zero-order valence-electron chi connectivity index (χ0n) is 12.4. The number of nitrogens with one attached hydrogen (secondary N) is 1. The number of phenolic OH excluding ortho intramolecular Hbond substituents is 1. The highest BCUT2D eigenvalue weighted by molar-refractivity contribution is 6.31. The van der Waals surface area contributed by atoms with Crippen LogP contribution in [0.1, 0.15) is 15.9 Å². The number of carbonyl (C=O) groups is 1. The van der Waals surface area contributed by atoms with Crippen molar-refractivity contribution in [3.63, 3.8) is 0 Å². The molecule has 3 rings (SSSR count). The van der Waals surface area contributed by atoms with Crippen LogP contribution < -0.4 is 14.9 Å². The number of amides is 1. The quantitative estimate of drug-likeness (QED) is 0.659. The van der Waals surface area contributed by atoms with Crippen molar-refractivity contribution in [3.8, 4) is 17.2 Å². The van der Waals surface area contributed by atoms with E-state index in [0.717, 1.165) is 11.3 Å². The molecular formula is C17H13ClN2O4. The van der Waals surface area contributed by atoms with E-state index in [9.17, 15) is 9.90 Å². The molecule has 0 saturated heterocycles. The summed E-state index contributed by atoms with van der Waals surface area (Å²) in [6, 6.07) is 9.74. The Hall–Kier alpha value is -2.99. The number of fused-ring (bicyclic) bond motifs is 1. The van der Waals surface area contributed by atoms with Crippen molar-refractivity contribution in [1.82, 2.24) is 5.43 Å². The maximum Gasteiger partial charge on any atom is 0.275 e. The fourth-order valence-corrected chi connectivity index (χ4v) is 2.23. The fraction of sp³-hybridized carbons (Fsp3) is 0.0588. The van der Waals surface area contributed by atoms with Gasteiger partial charge in [0, 0.05) is 11.2 Å². The van der Waals surface area contributed by atoms with Gasteiger partial charge in [-0.2, -0.15) is 5.10 Å². The number of rotatable bonds is 4. The molecule has 1 heterocycles. The Morgan fingerprint density at radius 1 is 1.21 bits per heavy atom. The lowest BCUT2D eigenvalue weighted by molar-refractivity contribution is 0.0952. The van der Waals surface area contributed by atoms with Crippen LogP contribution in [0.3, 0.4) is 0 Å². The molecule has 0 aromatic heterocycles. The molecule has 0 unspecified atom stereocenters. The van der Waals surface area contributed by atoms with Crippen molar-refractivity contribution in [3.05, 3.63) is 58.6 Å². The zero-order valence-corrected chi connectivity index (χ0v) is 13.2. The number of phenols is 1. The molecule has 0 radical (unpaired) electrons. The van der Waals surface area contributed by atoms with Crippen LogP contribution in [0.5, 0.6) is 17.2 Å². The van der Waals surface area contributed by atoms with E-state index in [0.29, 0.717) is 10.8 Å². The SMILES string of the molecule is O=C(N/N=C/C=C/c1ccc2c(c1)OCO2)c1cc(Cl)ccc1O. The van der Waals surface area contributed by atoms with Crippen molar-refractivity contribution < 1.29 is 19.4 Å². The molecule has 0 atom stereocenters. The minimum atomic E-state index is -0.553. The number of aromatic hydroxyl groups is 1. The lowest BCUT2D eigenvalue weighted by Crippen LogP contribution is -2.17. The highest BCUT2D eigenvalue weighted by Gasteiger charge is 2.12. The summed E-state index contributed by atoms with van der Waals surface area (Å²) in [6.45, 7) is 0.229. The number of allylic oxidation sites excluding steroid dienone is 1. The Morgan fingerprint density at radius 2 is 2.04 bits per heavy atom. The topological polar surface area (TPSA) is 80.2 Å². The van der Waals surface area contributed by atoms with E-state index in [4.69, 9.17) is 21.1 Å². The van der Waals surface area contributed by atoms with Crippen molar-refractivity contribution in [2.24, 2.45) is 5.10 Å². The molecule has 0 fully saturated rings. The molecule has 0 aliphatic carbocycles. The Morgan fingerprint density at radius 3 is 2.92 bits per heavy atom. The summed E-state index contributed by atoms with van der Waals surface area (Å²) in [4.78, 5) is 11.9. The number of halogens is 1. The van der Waals surface area contributed by atoms with Crippen LogP contribution in [0, 0.1) is 0 Å². The van der Waals surface area contributed by atoms with Crippen molar-refractivity contribution in [1.29, 1.82) is 0 Å². The molecule has 1 amide bonds. The van der Waals surface area contributed by atoms with Crippen LogP contribution in [0.25, 0.3) is 6.08 Å². The molecule has 24 heavy (non-hydrogen) atoms. The molecule has 2 N–H and O–H groups in total. The molecule has 1 aliphatic heterocycles. The number of hydrogen-bond donors (Lipinski definition) is 2.